The quantitative estimate of drug-likeness (QED) is 0.826. The van der Waals surface area contributed by atoms with E-state index in [0.717, 1.165) is 16.3 Å². The molecule has 0 spiro atoms. The number of benzene rings is 2. The lowest BCUT2D eigenvalue weighted by Gasteiger charge is -2.13. The Morgan fingerprint density at radius 2 is 1.91 bits per heavy atom. The number of anilines is 2. The normalized spacial score (nSPS) is 10.4. The van der Waals surface area contributed by atoms with Crippen molar-refractivity contribution in [3.63, 3.8) is 0 Å². The summed E-state index contributed by atoms with van der Waals surface area (Å²) in [5.74, 6) is -0.350. The third-order valence-electron chi connectivity index (χ3n) is 2.93. The first kappa shape index (κ1) is 16.6. The fraction of sp³-hybridized carbons (Fsp3) is 0.188. The molecule has 0 fully saturated rings. The first-order valence-corrected chi connectivity index (χ1v) is 7.97. The van der Waals surface area contributed by atoms with Crippen molar-refractivity contribution >= 4 is 40.6 Å². The van der Waals surface area contributed by atoms with Crippen LogP contribution in [0.25, 0.3) is 0 Å². The summed E-state index contributed by atoms with van der Waals surface area (Å²) in [5, 5.41) is 2.88. The summed E-state index contributed by atoms with van der Waals surface area (Å²) in [4.78, 5) is 14.6. The van der Waals surface area contributed by atoms with Gasteiger partial charge in [0, 0.05) is 30.4 Å². The zero-order valence-corrected chi connectivity index (χ0v) is 13.8. The highest BCUT2D eigenvalue weighted by Crippen LogP contribution is 2.24. The zero-order valence-electron chi connectivity index (χ0n) is 12.3. The second-order valence-corrected chi connectivity index (χ2v) is 6.31. The molecule has 2 aromatic carbocycles. The smallest absolute Gasteiger partial charge is 0.234 e. The van der Waals surface area contributed by atoms with Gasteiger partial charge in [-0.3, -0.25) is 4.79 Å². The van der Waals surface area contributed by atoms with Crippen LogP contribution in [0.5, 0.6) is 0 Å². The van der Waals surface area contributed by atoms with E-state index >= 15 is 0 Å². The molecular formula is C16H16ClFN2OS. The lowest BCUT2D eigenvalue weighted by atomic mass is 10.2. The van der Waals surface area contributed by atoms with Gasteiger partial charge in [-0.1, -0.05) is 11.6 Å². The molecule has 6 heteroatoms. The van der Waals surface area contributed by atoms with E-state index in [4.69, 9.17) is 11.6 Å². The van der Waals surface area contributed by atoms with E-state index in [-0.39, 0.29) is 16.7 Å². The van der Waals surface area contributed by atoms with E-state index < -0.39 is 5.82 Å². The van der Waals surface area contributed by atoms with Gasteiger partial charge < -0.3 is 10.2 Å². The summed E-state index contributed by atoms with van der Waals surface area (Å²) in [7, 11) is 3.91. The van der Waals surface area contributed by atoms with Crippen LogP contribution in [0.1, 0.15) is 0 Å². The average Bonchev–Trinajstić information content (AvgIpc) is 2.49. The minimum atomic E-state index is -0.462. The van der Waals surface area contributed by atoms with Crippen molar-refractivity contribution in [2.75, 3.05) is 30.1 Å². The van der Waals surface area contributed by atoms with Crippen molar-refractivity contribution in [1.82, 2.24) is 0 Å². The molecule has 3 nitrogen and oxygen atoms in total. The molecule has 0 heterocycles. The molecule has 0 bridgehead atoms. The summed E-state index contributed by atoms with van der Waals surface area (Å²) in [6.45, 7) is 0. The number of carbonyl (C=O) groups excluding carboxylic acids is 1. The van der Waals surface area contributed by atoms with Gasteiger partial charge in [-0.2, -0.15) is 0 Å². The maximum Gasteiger partial charge on any atom is 0.234 e. The van der Waals surface area contributed by atoms with E-state index in [1.807, 2.05) is 43.3 Å². The second kappa shape index (κ2) is 7.51. The van der Waals surface area contributed by atoms with Gasteiger partial charge in [0.25, 0.3) is 0 Å². The Labute approximate surface area is 138 Å². The highest BCUT2D eigenvalue weighted by Gasteiger charge is 2.06. The Morgan fingerprint density at radius 3 is 2.50 bits per heavy atom. The number of halogens is 2. The molecule has 2 rings (SSSR count). The zero-order chi connectivity index (χ0) is 16.1. The molecule has 0 aromatic heterocycles. The summed E-state index contributed by atoms with van der Waals surface area (Å²) < 4.78 is 13.1. The number of carbonyl (C=O) groups is 1. The molecule has 0 aliphatic carbocycles. The van der Waals surface area contributed by atoms with Gasteiger partial charge in [-0.15, -0.1) is 11.8 Å². The van der Waals surface area contributed by atoms with Crippen molar-refractivity contribution in [3.8, 4) is 0 Å². The number of rotatable bonds is 5. The molecule has 0 saturated carbocycles. The Hall–Kier alpha value is -1.72. The predicted molar refractivity (Wildman–Crippen MR) is 91.5 cm³/mol. The van der Waals surface area contributed by atoms with Gasteiger partial charge in [0.05, 0.1) is 10.8 Å². The van der Waals surface area contributed by atoms with Crippen molar-refractivity contribution < 1.29 is 9.18 Å². The van der Waals surface area contributed by atoms with Crippen LogP contribution in [-0.4, -0.2) is 25.8 Å². The highest BCUT2D eigenvalue weighted by atomic mass is 35.5. The molecule has 2 aromatic rings. The van der Waals surface area contributed by atoms with Crippen LogP contribution in [0.15, 0.2) is 47.4 Å². The first-order chi connectivity index (χ1) is 10.5. The fourth-order valence-electron chi connectivity index (χ4n) is 1.76. The molecule has 116 valence electrons. The van der Waals surface area contributed by atoms with Gasteiger partial charge in [-0.25, -0.2) is 4.39 Å². The molecule has 0 radical (unpaired) electrons. The predicted octanol–water partition coefficient (Wildman–Crippen LogP) is 4.28. The van der Waals surface area contributed by atoms with Crippen molar-refractivity contribution in [2.45, 2.75) is 4.90 Å². The summed E-state index contributed by atoms with van der Waals surface area (Å²) in [5.41, 5.74) is 1.81. The standard InChI is InChI=1S/C16H16ClFN2OS/c1-20(2)12-5-3-11(4-6-12)19-16(21)10-22-13-7-8-15(18)14(17)9-13/h3-9H,10H2,1-2H3,(H,19,21). The van der Waals surface area contributed by atoms with E-state index in [1.165, 1.54) is 23.9 Å². The minimum Gasteiger partial charge on any atom is -0.378 e. The number of amides is 1. The molecule has 0 aliphatic rings. The maximum atomic E-state index is 13.1. The molecular weight excluding hydrogens is 323 g/mol. The van der Waals surface area contributed by atoms with Gasteiger partial charge in [0.1, 0.15) is 5.82 Å². The van der Waals surface area contributed by atoms with Crippen LogP contribution in [-0.2, 0) is 4.79 Å². The molecule has 1 amide bonds. The van der Waals surface area contributed by atoms with Crippen LogP contribution >= 0.6 is 23.4 Å². The lowest BCUT2D eigenvalue weighted by molar-refractivity contribution is -0.113. The van der Waals surface area contributed by atoms with E-state index in [1.54, 1.807) is 6.07 Å². The Morgan fingerprint density at radius 1 is 1.23 bits per heavy atom. The molecule has 1 N–H and O–H groups in total. The third-order valence-corrected chi connectivity index (χ3v) is 4.21. The highest BCUT2D eigenvalue weighted by molar-refractivity contribution is 8.00. The summed E-state index contributed by atoms with van der Waals surface area (Å²) in [6.07, 6.45) is 0. The number of nitrogens with zero attached hydrogens (tertiary/aromatic N) is 1. The number of hydrogen-bond donors (Lipinski definition) is 1. The fourth-order valence-corrected chi connectivity index (χ4v) is 2.74. The van der Waals surface area contributed by atoms with Crippen molar-refractivity contribution in [2.24, 2.45) is 0 Å². The van der Waals surface area contributed by atoms with Gasteiger partial charge in [0.2, 0.25) is 5.91 Å². The minimum absolute atomic E-state index is 0.0599. The van der Waals surface area contributed by atoms with E-state index in [0.29, 0.717) is 0 Å². The van der Waals surface area contributed by atoms with Crippen LogP contribution in [0.2, 0.25) is 5.02 Å². The Kier molecular flexibility index (Phi) is 5.69. The topological polar surface area (TPSA) is 32.3 Å². The molecule has 0 aliphatic heterocycles. The number of nitrogens with one attached hydrogen (secondary N) is 1. The molecule has 22 heavy (non-hydrogen) atoms. The van der Waals surface area contributed by atoms with Gasteiger partial charge in [-0.05, 0) is 42.5 Å². The third kappa shape index (κ3) is 4.64. The van der Waals surface area contributed by atoms with Crippen LogP contribution in [0.4, 0.5) is 15.8 Å². The first-order valence-electron chi connectivity index (χ1n) is 6.61. The van der Waals surface area contributed by atoms with Crippen molar-refractivity contribution in [1.29, 1.82) is 0 Å². The van der Waals surface area contributed by atoms with Gasteiger partial charge in [0.15, 0.2) is 0 Å². The van der Waals surface area contributed by atoms with E-state index in [9.17, 15) is 9.18 Å². The van der Waals surface area contributed by atoms with Crippen molar-refractivity contribution in [3.05, 3.63) is 53.3 Å². The molecule has 0 unspecified atom stereocenters. The largest absolute Gasteiger partial charge is 0.378 e. The average molecular weight is 339 g/mol. The lowest BCUT2D eigenvalue weighted by Crippen LogP contribution is -2.14. The Bertz CT molecular complexity index is 662. The monoisotopic (exact) mass is 338 g/mol. The van der Waals surface area contributed by atoms with E-state index in [2.05, 4.69) is 5.32 Å². The number of thioether (sulfide) groups is 1. The van der Waals surface area contributed by atoms with Crippen LogP contribution < -0.4 is 10.2 Å². The summed E-state index contributed by atoms with van der Waals surface area (Å²) >= 11 is 7.01. The molecule has 0 atom stereocenters. The SMILES string of the molecule is CN(C)c1ccc(NC(=O)CSc2ccc(F)c(Cl)c2)cc1. The maximum absolute atomic E-state index is 13.1. The number of hydrogen-bond acceptors (Lipinski definition) is 3. The second-order valence-electron chi connectivity index (χ2n) is 4.85. The van der Waals surface area contributed by atoms with Gasteiger partial charge >= 0.3 is 0 Å². The van der Waals surface area contributed by atoms with Crippen LogP contribution in [0, 0.1) is 5.82 Å². The van der Waals surface area contributed by atoms with Crippen LogP contribution in [0.3, 0.4) is 0 Å². The Balaban J connectivity index is 1.88. The summed E-state index contributed by atoms with van der Waals surface area (Å²) in [6, 6.07) is 12.0. The molecule has 0 saturated heterocycles.